The van der Waals surface area contributed by atoms with E-state index in [2.05, 4.69) is 26.1 Å². The van der Waals surface area contributed by atoms with Crippen LogP contribution in [0.4, 0.5) is 0 Å². The summed E-state index contributed by atoms with van der Waals surface area (Å²) in [5.41, 5.74) is 1.43. The van der Waals surface area contributed by atoms with Crippen molar-refractivity contribution >= 4 is 21.8 Å². The summed E-state index contributed by atoms with van der Waals surface area (Å²) in [6.07, 6.45) is 0. The molecule has 1 amide bonds. The number of ether oxygens (including phenoxy) is 1. The highest BCUT2D eigenvalue weighted by Gasteiger charge is 2.22. The van der Waals surface area contributed by atoms with Crippen LogP contribution in [-0.4, -0.2) is 34.1 Å². The molecule has 27 heavy (non-hydrogen) atoms. The fourth-order valence-corrected chi connectivity index (χ4v) is 2.83. The third-order valence-electron chi connectivity index (χ3n) is 4.10. The van der Waals surface area contributed by atoms with Crippen molar-refractivity contribution in [2.75, 3.05) is 7.11 Å². The molecule has 0 unspecified atom stereocenters. The van der Waals surface area contributed by atoms with Gasteiger partial charge in [-0.2, -0.15) is 4.98 Å². The van der Waals surface area contributed by atoms with Gasteiger partial charge in [-0.25, -0.2) is 0 Å². The Morgan fingerprint density at radius 2 is 1.81 bits per heavy atom. The molecule has 140 valence electrons. The quantitative estimate of drug-likeness (QED) is 0.574. The second-order valence-corrected chi connectivity index (χ2v) is 7.19. The van der Waals surface area contributed by atoms with Gasteiger partial charge in [0.1, 0.15) is 12.3 Å². The lowest BCUT2D eigenvalue weighted by Gasteiger charge is -2.25. The lowest BCUT2D eigenvalue weighted by molar-refractivity contribution is 0.0667. The van der Waals surface area contributed by atoms with E-state index in [4.69, 9.17) is 9.26 Å². The maximum atomic E-state index is 12.9. The molecule has 0 N–H and O–H groups in total. The van der Waals surface area contributed by atoms with Crippen LogP contribution in [0.15, 0.2) is 57.5 Å². The van der Waals surface area contributed by atoms with Crippen molar-refractivity contribution < 1.29 is 14.1 Å². The Morgan fingerprint density at radius 1 is 1.15 bits per heavy atom. The van der Waals surface area contributed by atoms with Gasteiger partial charge < -0.3 is 14.2 Å². The molecule has 0 aliphatic heterocycles. The van der Waals surface area contributed by atoms with Crippen LogP contribution in [0.5, 0.6) is 5.75 Å². The fraction of sp³-hybridized carbons (Fsp3) is 0.250. The molecule has 0 saturated carbocycles. The summed E-state index contributed by atoms with van der Waals surface area (Å²) in [7, 11) is 1.62. The minimum absolute atomic E-state index is 0.0162. The number of nitrogens with zero attached hydrogens (tertiary/aromatic N) is 3. The monoisotopic (exact) mass is 429 g/mol. The van der Waals surface area contributed by atoms with Gasteiger partial charge in [0.05, 0.1) is 7.11 Å². The molecular formula is C20H20BrN3O3. The number of benzene rings is 2. The first-order valence-corrected chi connectivity index (χ1v) is 9.31. The summed E-state index contributed by atoms with van der Waals surface area (Å²) < 4.78 is 11.4. The molecule has 2 aromatic carbocycles. The van der Waals surface area contributed by atoms with Crippen LogP contribution in [0.3, 0.4) is 0 Å². The standard InChI is InChI=1S/C20H20BrN3O3/c1-13(2)24(20(25)15-4-8-16(21)9-5-15)12-18-22-19(23-27-18)14-6-10-17(26-3)11-7-14/h4-11,13H,12H2,1-3H3. The van der Waals surface area contributed by atoms with Crippen LogP contribution in [0.25, 0.3) is 11.4 Å². The predicted octanol–water partition coefficient (Wildman–Crippen LogP) is 4.56. The molecule has 1 heterocycles. The number of aromatic nitrogens is 2. The molecule has 0 spiro atoms. The number of methoxy groups -OCH3 is 1. The number of halogens is 1. The van der Waals surface area contributed by atoms with Gasteiger partial charge in [0.15, 0.2) is 0 Å². The average Bonchev–Trinajstić information content (AvgIpc) is 3.15. The molecule has 0 fully saturated rings. The molecule has 6 nitrogen and oxygen atoms in total. The van der Waals surface area contributed by atoms with Crippen molar-refractivity contribution in [2.45, 2.75) is 26.4 Å². The highest BCUT2D eigenvalue weighted by molar-refractivity contribution is 9.10. The zero-order valence-electron chi connectivity index (χ0n) is 15.3. The summed E-state index contributed by atoms with van der Waals surface area (Å²) in [4.78, 5) is 19.0. The van der Waals surface area contributed by atoms with Crippen LogP contribution >= 0.6 is 15.9 Å². The summed E-state index contributed by atoms with van der Waals surface area (Å²) in [5.74, 6) is 1.54. The van der Waals surface area contributed by atoms with E-state index in [0.29, 0.717) is 17.3 Å². The molecule has 0 aliphatic carbocycles. The second-order valence-electron chi connectivity index (χ2n) is 6.27. The van der Waals surface area contributed by atoms with Gasteiger partial charge in [-0.1, -0.05) is 21.1 Å². The van der Waals surface area contributed by atoms with Crippen molar-refractivity contribution in [1.82, 2.24) is 15.0 Å². The van der Waals surface area contributed by atoms with E-state index in [1.807, 2.05) is 50.2 Å². The van der Waals surface area contributed by atoms with Crippen LogP contribution < -0.4 is 4.74 Å². The van der Waals surface area contributed by atoms with E-state index in [0.717, 1.165) is 15.8 Å². The first-order chi connectivity index (χ1) is 13.0. The lowest BCUT2D eigenvalue weighted by atomic mass is 10.1. The molecule has 7 heteroatoms. The Kier molecular flexibility index (Phi) is 5.91. The molecule has 3 rings (SSSR count). The normalized spacial score (nSPS) is 10.9. The van der Waals surface area contributed by atoms with Gasteiger partial charge >= 0.3 is 0 Å². The molecule has 0 bridgehead atoms. The number of hydrogen-bond donors (Lipinski definition) is 0. The zero-order valence-corrected chi connectivity index (χ0v) is 16.9. The largest absolute Gasteiger partial charge is 0.497 e. The minimum Gasteiger partial charge on any atom is -0.497 e. The van der Waals surface area contributed by atoms with Gasteiger partial charge in [-0.3, -0.25) is 4.79 Å². The Labute approximate surface area is 166 Å². The second kappa shape index (κ2) is 8.35. The smallest absolute Gasteiger partial charge is 0.254 e. The first-order valence-electron chi connectivity index (χ1n) is 8.51. The van der Waals surface area contributed by atoms with E-state index in [-0.39, 0.29) is 18.5 Å². The molecule has 0 saturated heterocycles. The highest BCUT2D eigenvalue weighted by Crippen LogP contribution is 2.21. The molecular weight excluding hydrogens is 410 g/mol. The van der Waals surface area contributed by atoms with Gasteiger partial charge in [0, 0.05) is 21.6 Å². The molecule has 0 atom stereocenters. The predicted molar refractivity (Wildman–Crippen MR) is 105 cm³/mol. The summed E-state index contributed by atoms with van der Waals surface area (Å²) in [5, 5.41) is 4.03. The van der Waals surface area contributed by atoms with E-state index >= 15 is 0 Å². The minimum atomic E-state index is -0.0818. The Hall–Kier alpha value is -2.67. The molecule has 1 aromatic heterocycles. The lowest BCUT2D eigenvalue weighted by Crippen LogP contribution is -2.36. The number of amides is 1. The maximum Gasteiger partial charge on any atom is 0.254 e. The van der Waals surface area contributed by atoms with E-state index in [1.54, 1.807) is 24.1 Å². The van der Waals surface area contributed by atoms with Crippen LogP contribution in [0.1, 0.15) is 30.1 Å². The highest BCUT2D eigenvalue weighted by atomic mass is 79.9. The number of carbonyl (C=O) groups excluding carboxylic acids is 1. The van der Waals surface area contributed by atoms with Crippen molar-refractivity contribution in [3.8, 4) is 17.1 Å². The SMILES string of the molecule is COc1ccc(-c2noc(CN(C(=O)c3ccc(Br)cc3)C(C)C)n2)cc1. The third-order valence-corrected chi connectivity index (χ3v) is 4.63. The number of rotatable bonds is 6. The number of hydrogen-bond acceptors (Lipinski definition) is 5. The third kappa shape index (κ3) is 4.54. The van der Waals surface area contributed by atoms with Crippen molar-refractivity contribution in [3.63, 3.8) is 0 Å². The Morgan fingerprint density at radius 3 is 2.41 bits per heavy atom. The van der Waals surface area contributed by atoms with E-state index < -0.39 is 0 Å². The summed E-state index contributed by atoms with van der Waals surface area (Å²) >= 11 is 3.38. The Balaban J connectivity index is 1.78. The molecule has 3 aromatic rings. The van der Waals surface area contributed by atoms with Gasteiger partial charge in [-0.15, -0.1) is 0 Å². The summed E-state index contributed by atoms with van der Waals surface area (Å²) in [6.45, 7) is 4.16. The van der Waals surface area contributed by atoms with Crippen molar-refractivity contribution in [1.29, 1.82) is 0 Å². The maximum absolute atomic E-state index is 12.9. The average molecular weight is 430 g/mol. The summed E-state index contributed by atoms with van der Waals surface area (Å²) in [6, 6.07) is 14.7. The van der Waals surface area contributed by atoms with Gasteiger partial charge in [0.2, 0.25) is 11.7 Å². The fourth-order valence-electron chi connectivity index (χ4n) is 2.57. The van der Waals surface area contributed by atoms with Crippen LogP contribution in [0.2, 0.25) is 0 Å². The van der Waals surface area contributed by atoms with Crippen molar-refractivity contribution in [3.05, 3.63) is 64.5 Å². The van der Waals surface area contributed by atoms with Crippen molar-refractivity contribution in [2.24, 2.45) is 0 Å². The van der Waals surface area contributed by atoms with Crippen LogP contribution in [0, 0.1) is 0 Å². The Bertz CT molecular complexity index is 905. The zero-order chi connectivity index (χ0) is 19.4. The molecule has 0 radical (unpaired) electrons. The number of carbonyl (C=O) groups is 1. The van der Waals surface area contributed by atoms with E-state index in [9.17, 15) is 4.79 Å². The molecule has 0 aliphatic rings. The van der Waals surface area contributed by atoms with E-state index in [1.165, 1.54) is 0 Å². The van der Waals surface area contributed by atoms with Gasteiger partial charge in [-0.05, 0) is 62.4 Å². The van der Waals surface area contributed by atoms with Crippen LogP contribution in [-0.2, 0) is 6.54 Å². The van der Waals surface area contributed by atoms with Gasteiger partial charge in [0.25, 0.3) is 5.91 Å². The first kappa shape index (κ1) is 19.1. The topological polar surface area (TPSA) is 68.5 Å².